The van der Waals surface area contributed by atoms with Gasteiger partial charge >= 0.3 is 5.97 Å². The van der Waals surface area contributed by atoms with Crippen molar-refractivity contribution in [3.63, 3.8) is 0 Å². The Labute approximate surface area is 97.5 Å². The summed E-state index contributed by atoms with van der Waals surface area (Å²) in [6.07, 6.45) is 0. The molecule has 0 aliphatic rings. The lowest BCUT2D eigenvalue weighted by Gasteiger charge is -2.12. The molecule has 6 nitrogen and oxygen atoms in total. The third kappa shape index (κ3) is 3.18. The van der Waals surface area contributed by atoms with Gasteiger partial charge in [0.1, 0.15) is 5.75 Å². The molecule has 0 heterocycles. The number of aliphatic hydroxyl groups excluding tert-OH is 1. The third-order valence-electron chi connectivity index (χ3n) is 2.18. The largest absolute Gasteiger partial charge is 0.507 e. The number of aryl methyl sites for hydroxylation is 1. The van der Waals surface area contributed by atoms with Gasteiger partial charge in [-0.1, -0.05) is 11.6 Å². The topological polar surface area (TPSA) is 107 Å². The van der Waals surface area contributed by atoms with Crippen LogP contribution in [-0.2, 0) is 4.79 Å². The van der Waals surface area contributed by atoms with Gasteiger partial charge in [0.15, 0.2) is 6.04 Å². The number of hydrogen-bond acceptors (Lipinski definition) is 4. The summed E-state index contributed by atoms with van der Waals surface area (Å²) in [5.74, 6) is -2.32. The van der Waals surface area contributed by atoms with Crippen LogP contribution in [0.15, 0.2) is 18.2 Å². The summed E-state index contributed by atoms with van der Waals surface area (Å²) in [6.45, 7) is 1.02. The van der Waals surface area contributed by atoms with Gasteiger partial charge in [0.25, 0.3) is 5.91 Å². The molecule has 1 aromatic carbocycles. The van der Waals surface area contributed by atoms with Crippen LogP contribution in [0.5, 0.6) is 5.75 Å². The quantitative estimate of drug-likeness (QED) is 0.585. The number of nitrogens with one attached hydrogen (secondary N) is 1. The highest BCUT2D eigenvalue weighted by atomic mass is 16.4. The first-order chi connectivity index (χ1) is 7.95. The van der Waals surface area contributed by atoms with Crippen LogP contribution < -0.4 is 5.32 Å². The number of phenolic OH excluding ortho intramolecular Hbond substituents is 1. The van der Waals surface area contributed by atoms with Crippen molar-refractivity contribution in [2.45, 2.75) is 13.0 Å². The molecule has 0 saturated carbocycles. The SMILES string of the molecule is Cc1ccc(O)c(C(=O)N[C@@H](CO)C(=O)O)c1. The number of carbonyl (C=O) groups excluding carboxylic acids is 1. The monoisotopic (exact) mass is 239 g/mol. The Kier molecular flexibility index (Phi) is 4.06. The Balaban J connectivity index is 2.89. The van der Waals surface area contributed by atoms with Crippen LogP contribution in [0, 0.1) is 6.92 Å². The zero-order chi connectivity index (χ0) is 13.0. The van der Waals surface area contributed by atoms with E-state index in [4.69, 9.17) is 10.2 Å². The molecule has 17 heavy (non-hydrogen) atoms. The van der Waals surface area contributed by atoms with Crippen molar-refractivity contribution >= 4 is 11.9 Å². The lowest BCUT2D eigenvalue weighted by molar-refractivity contribution is -0.140. The smallest absolute Gasteiger partial charge is 0.328 e. The summed E-state index contributed by atoms with van der Waals surface area (Å²) in [6, 6.07) is 3.01. The molecule has 0 spiro atoms. The predicted molar refractivity (Wildman–Crippen MR) is 58.8 cm³/mol. The average molecular weight is 239 g/mol. The van der Waals surface area contributed by atoms with Gasteiger partial charge < -0.3 is 20.6 Å². The van der Waals surface area contributed by atoms with Crippen molar-refractivity contribution < 1.29 is 24.9 Å². The van der Waals surface area contributed by atoms with Gasteiger partial charge in [-0.15, -0.1) is 0 Å². The number of aliphatic carboxylic acids is 1. The van der Waals surface area contributed by atoms with Crippen molar-refractivity contribution in [3.8, 4) is 5.75 Å². The van der Waals surface area contributed by atoms with Crippen LogP contribution in [-0.4, -0.2) is 39.8 Å². The molecule has 4 N–H and O–H groups in total. The normalized spacial score (nSPS) is 11.9. The molecule has 0 aromatic heterocycles. The molecule has 6 heteroatoms. The second kappa shape index (κ2) is 5.31. The number of aliphatic hydroxyl groups is 1. The van der Waals surface area contributed by atoms with E-state index in [1.54, 1.807) is 13.0 Å². The van der Waals surface area contributed by atoms with E-state index < -0.39 is 24.5 Å². The van der Waals surface area contributed by atoms with Crippen molar-refractivity contribution in [1.29, 1.82) is 0 Å². The van der Waals surface area contributed by atoms with E-state index in [9.17, 15) is 14.7 Å². The molecular formula is C11H13NO5. The van der Waals surface area contributed by atoms with Gasteiger partial charge in [0, 0.05) is 0 Å². The highest BCUT2D eigenvalue weighted by molar-refractivity contribution is 5.99. The second-order valence-electron chi connectivity index (χ2n) is 3.57. The number of carboxylic acids is 1. The maximum Gasteiger partial charge on any atom is 0.328 e. The zero-order valence-corrected chi connectivity index (χ0v) is 9.17. The summed E-state index contributed by atoms with van der Waals surface area (Å²) >= 11 is 0. The first-order valence-electron chi connectivity index (χ1n) is 4.90. The molecule has 0 fully saturated rings. The molecule has 1 atom stereocenters. The third-order valence-corrected chi connectivity index (χ3v) is 2.18. The van der Waals surface area contributed by atoms with Gasteiger partial charge in [0.05, 0.1) is 12.2 Å². The highest BCUT2D eigenvalue weighted by Crippen LogP contribution is 2.17. The minimum atomic E-state index is -1.39. The molecule has 0 aliphatic heterocycles. The standard InChI is InChI=1S/C11H13NO5/c1-6-2-3-9(14)7(4-6)10(15)12-8(5-13)11(16)17/h2-4,8,13-14H,5H2,1H3,(H,12,15)(H,16,17)/t8-/m0/s1. The van der Waals surface area contributed by atoms with E-state index in [1.807, 2.05) is 0 Å². The second-order valence-corrected chi connectivity index (χ2v) is 3.57. The number of amides is 1. The van der Waals surface area contributed by atoms with Gasteiger partial charge in [0.2, 0.25) is 0 Å². The van der Waals surface area contributed by atoms with Crippen LogP contribution in [0.1, 0.15) is 15.9 Å². The fourth-order valence-electron chi connectivity index (χ4n) is 1.25. The molecule has 0 unspecified atom stereocenters. The molecule has 0 radical (unpaired) electrons. The molecule has 1 aromatic rings. The van der Waals surface area contributed by atoms with Crippen LogP contribution in [0.3, 0.4) is 0 Å². The molecular weight excluding hydrogens is 226 g/mol. The predicted octanol–water partition coefficient (Wildman–Crippen LogP) is -0.124. The van der Waals surface area contributed by atoms with Crippen molar-refractivity contribution in [2.24, 2.45) is 0 Å². The maximum absolute atomic E-state index is 11.6. The van der Waals surface area contributed by atoms with E-state index in [1.165, 1.54) is 12.1 Å². The summed E-state index contributed by atoms with van der Waals surface area (Å²) in [5.41, 5.74) is 0.730. The fourth-order valence-corrected chi connectivity index (χ4v) is 1.25. The molecule has 0 bridgehead atoms. The number of rotatable bonds is 4. The Hall–Kier alpha value is -2.08. The number of hydrogen-bond donors (Lipinski definition) is 4. The number of benzene rings is 1. The van der Waals surface area contributed by atoms with E-state index in [2.05, 4.69) is 5.32 Å². The zero-order valence-electron chi connectivity index (χ0n) is 9.17. The van der Waals surface area contributed by atoms with Crippen LogP contribution >= 0.6 is 0 Å². The van der Waals surface area contributed by atoms with Gasteiger partial charge in [-0.2, -0.15) is 0 Å². The number of carbonyl (C=O) groups is 2. The van der Waals surface area contributed by atoms with Gasteiger partial charge in [-0.05, 0) is 19.1 Å². The molecule has 1 amide bonds. The Morgan fingerprint density at radius 3 is 2.59 bits per heavy atom. The summed E-state index contributed by atoms with van der Waals surface area (Å²) in [5, 5.41) is 29.0. The molecule has 1 rings (SSSR count). The Morgan fingerprint density at radius 2 is 2.06 bits per heavy atom. The lowest BCUT2D eigenvalue weighted by atomic mass is 10.1. The van der Waals surface area contributed by atoms with Crippen molar-refractivity contribution in [3.05, 3.63) is 29.3 Å². The average Bonchev–Trinajstić information content (AvgIpc) is 2.28. The number of phenols is 1. The van der Waals surface area contributed by atoms with E-state index >= 15 is 0 Å². The summed E-state index contributed by atoms with van der Waals surface area (Å²) in [4.78, 5) is 22.3. The van der Waals surface area contributed by atoms with E-state index in [-0.39, 0.29) is 11.3 Å². The van der Waals surface area contributed by atoms with Crippen LogP contribution in [0.25, 0.3) is 0 Å². The van der Waals surface area contributed by atoms with E-state index in [0.717, 1.165) is 5.56 Å². The van der Waals surface area contributed by atoms with Crippen molar-refractivity contribution in [2.75, 3.05) is 6.61 Å². The Morgan fingerprint density at radius 1 is 1.41 bits per heavy atom. The molecule has 0 saturated heterocycles. The minimum Gasteiger partial charge on any atom is -0.507 e. The Bertz CT molecular complexity index is 443. The van der Waals surface area contributed by atoms with Crippen LogP contribution in [0.4, 0.5) is 0 Å². The van der Waals surface area contributed by atoms with E-state index in [0.29, 0.717) is 0 Å². The van der Waals surface area contributed by atoms with Crippen molar-refractivity contribution in [1.82, 2.24) is 5.32 Å². The minimum absolute atomic E-state index is 0.0234. The molecule has 92 valence electrons. The number of carboxylic acid groups (broad SMARTS) is 1. The van der Waals surface area contributed by atoms with Crippen LogP contribution in [0.2, 0.25) is 0 Å². The lowest BCUT2D eigenvalue weighted by Crippen LogP contribution is -2.43. The highest BCUT2D eigenvalue weighted by Gasteiger charge is 2.21. The summed E-state index contributed by atoms with van der Waals surface area (Å²) < 4.78 is 0. The summed E-state index contributed by atoms with van der Waals surface area (Å²) in [7, 11) is 0. The van der Waals surface area contributed by atoms with Gasteiger partial charge in [-0.25, -0.2) is 4.79 Å². The van der Waals surface area contributed by atoms with Gasteiger partial charge in [-0.3, -0.25) is 4.79 Å². The first kappa shape index (κ1) is 13.0. The number of aromatic hydroxyl groups is 1. The first-order valence-corrected chi connectivity index (χ1v) is 4.90. The fraction of sp³-hybridized carbons (Fsp3) is 0.273. The maximum atomic E-state index is 11.6. The molecule has 0 aliphatic carbocycles.